The zero-order valence-electron chi connectivity index (χ0n) is 14.8. The number of fused-ring (bicyclic) bond motifs is 1. The van der Waals surface area contributed by atoms with E-state index in [9.17, 15) is 0 Å². The Morgan fingerprint density at radius 1 is 0.957 bits per heavy atom. The van der Waals surface area contributed by atoms with Crippen LogP contribution in [0.25, 0.3) is 0 Å². The van der Waals surface area contributed by atoms with Crippen LogP contribution >= 0.6 is 22.6 Å². The van der Waals surface area contributed by atoms with Gasteiger partial charge < -0.3 is 4.74 Å². The van der Waals surface area contributed by atoms with Crippen LogP contribution in [0, 0.1) is 3.57 Å². The van der Waals surface area contributed by atoms with E-state index in [0.717, 1.165) is 5.75 Å². The fourth-order valence-corrected chi connectivity index (χ4v) is 4.03. The molecule has 2 heteroatoms. The molecule has 2 rings (SSSR count). The van der Waals surface area contributed by atoms with Crippen LogP contribution in [0.5, 0.6) is 5.75 Å². The molecule has 0 radical (unpaired) electrons. The van der Waals surface area contributed by atoms with Gasteiger partial charge in [0.25, 0.3) is 0 Å². The average Bonchev–Trinajstić information content (AvgIpc) is 2.56. The highest BCUT2D eigenvalue weighted by Gasteiger charge is 2.19. The normalized spacial score (nSPS) is 16.9. The molecular weight excluding hydrogens is 395 g/mol. The summed E-state index contributed by atoms with van der Waals surface area (Å²) in [6, 6.07) is 6.58. The van der Waals surface area contributed by atoms with Gasteiger partial charge in [-0.1, -0.05) is 64.7 Å². The van der Waals surface area contributed by atoms with Crippen LogP contribution in [-0.4, -0.2) is 6.10 Å². The first kappa shape index (κ1) is 19.1. The molecule has 1 nitrogen and oxygen atoms in total. The van der Waals surface area contributed by atoms with Gasteiger partial charge in [0.1, 0.15) is 5.75 Å². The molecule has 0 aliphatic carbocycles. The smallest absolute Gasteiger partial charge is 0.122 e. The van der Waals surface area contributed by atoms with Crippen molar-refractivity contribution in [2.24, 2.45) is 0 Å². The predicted molar refractivity (Wildman–Crippen MR) is 108 cm³/mol. The monoisotopic (exact) mass is 428 g/mol. The van der Waals surface area contributed by atoms with Crippen LogP contribution < -0.4 is 4.74 Å². The molecule has 0 spiro atoms. The van der Waals surface area contributed by atoms with Crippen LogP contribution in [0.3, 0.4) is 0 Å². The van der Waals surface area contributed by atoms with Crippen LogP contribution in [-0.2, 0) is 6.42 Å². The Kier molecular flexibility index (Phi) is 9.40. The Morgan fingerprint density at radius 3 is 2.30 bits per heavy atom. The summed E-state index contributed by atoms with van der Waals surface area (Å²) in [5.74, 6) is 1.13. The van der Waals surface area contributed by atoms with Crippen molar-refractivity contribution in [3.05, 3.63) is 27.3 Å². The molecule has 0 aromatic heterocycles. The van der Waals surface area contributed by atoms with E-state index >= 15 is 0 Å². The summed E-state index contributed by atoms with van der Waals surface area (Å²) >= 11 is 2.38. The van der Waals surface area contributed by atoms with Gasteiger partial charge in [0, 0.05) is 3.57 Å². The Hall–Kier alpha value is -0.250. The van der Waals surface area contributed by atoms with E-state index in [1.165, 1.54) is 92.6 Å². The van der Waals surface area contributed by atoms with Crippen molar-refractivity contribution in [1.29, 1.82) is 0 Å². The van der Waals surface area contributed by atoms with Crippen LogP contribution in [0.2, 0.25) is 0 Å². The third-order valence-corrected chi connectivity index (χ3v) is 5.60. The van der Waals surface area contributed by atoms with E-state index in [1.54, 1.807) is 0 Å². The van der Waals surface area contributed by atoms with E-state index < -0.39 is 0 Å². The Bertz CT molecular complexity index is 443. The lowest BCUT2D eigenvalue weighted by Gasteiger charge is -2.26. The van der Waals surface area contributed by atoms with Crippen molar-refractivity contribution in [2.45, 2.75) is 96.5 Å². The molecule has 130 valence electrons. The van der Waals surface area contributed by atoms with Crippen LogP contribution in [0.1, 0.15) is 89.5 Å². The van der Waals surface area contributed by atoms with Gasteiger partial charge in [-0.3, -0.25) is 0 Å². The molecule has 1 aromatic carbocycles. The molecule has 1 heterocycles. The van der Waals surface area contributed by atoms with E-state index in [2.05, 4.69) is 47.7 Å². The SMILES string of the molecule is CCCCCCCCCCCCC1CCc2cc(I)ccc2O1. The molecule has 0 saturated carbocycles. The molecule has 0 N–H and O–H groups in total. The second-order valence-corrected chi connectivity index (χ2v) is 8.25. The van der Waals surface area contributed by atoms with Crippen LogP contribution in [0.15, 0.2) is 18.2 Å². The molecule has 1 atom stereocenters. The van der Waals surface area contributed by atoms with E-state index in [-0.39, 0.29) is 0 Å². The van der Waals surface area contributed by atoms with Crippen molar-refractivity contribution in [3.8, 4) is 5.75 Å². The quantitative estimate of drug-likeness (QED) is 0.266. The molecule has 1 unspecified atom stereocenters. The first-order valence-electron chi connectivity index (χ1n) is 9.74. The van der Waals surface area contributed by atoms with Gasteiger partial charge >= 0.3 is 0 Å². The maximum atomic E-state index is 6.17. The number of rotatable bonds is 11. The van der Waals surface area contributed by atoms with E-state index in [4.69, 9.17) is 4.74 Å². The Balaban J connectivity index is 1.49. The minimum Gasteiger partial charge on any atom is -0.490 e. The second kappa shape index (κ2) is 11.3. The molecule has 1 aromatic rings. The molecule has 1 aliphatic heterocycles. The molecular formula is C21H33IO. The van der Waals surface area contributed by atoms with Gasteiger partial charge in [-0.2, -0.15) is 0 Å². The lowest BCUT2D eigenvalue weighted by Crippen LogP contribution is -2.22. The predicted octanol–water partition coefficient (Wildman–Crippen LogP) is 7.30. The summed E-state index contributed by atoms with van der Waals surface area (Å²) in [6.07, 6.45) is 18.2. The van der Waals surface area contributed by atoms with E-state index in [1.807, 2.05) is 0 Å². The average molecular weight is 428 g/mol. The third kappa shape index (κ3) is 7.45. The fourth-order valence-electron chi connectivity index (χ4n) is 3.48. The maximum absolute atomic E-state index is 6.17. The summed E-state index contributed by atoms with van der Waals surface area (Å²) in [4.78, 5) is 0. The Labute approximate surface area is 156 Å². The molecule has 0 amide bonds. The minimum absolute atomic E-state index is 0.455. The number of halogens is 1. The summed E-state index contributed by atoms with van der Waals surface area (Å²) in [5, 5.41) is 0. The van der Waals surface area contributed by atoms with Crippen molar-refractivity contribution >= 4 is 22.6 Å². The number of benzene rings is 1. The zero-order valence-corrected chi connectivity index (χ0v) is 16.9. The topological polar surface area (TPSA) is 9.23 Å². The Morgan fingerprint density at radius 2 is 1.61 bits per heavy atom. The summed E-state index contributed by atoms with van der Waals surface area (Å²) < 4.78 is 7.48. The number of hydrogen-bond donors (Lipinski definition) is 0. The largest absolute Gasteiger partial charge is 0.490 e. The van der Waals surface area contributed by atoms with Crippen molar-refractivity contribution in [1.82, 2.24) is 0 Å². The molecule has 23 heavy (non-hydrogen) atoms. The summed E-state index contributed by atoms with van der Waals surface area (Å²) in [6.45, 7) is 2.29. The fraction of sp³-hybridized carbons (Fsp3) is 0.714. The van der Waals surface area contributed by atoms with Crippen molar-refractivity contribution in [2.75, 3.05) is 0 Å². The first-order valence-corrected chi connectivity index (χ1v) is 10.8. The van der Waals surface area contributed by atoms with Crippen LogP contribution in [0.4, 0.5) is 0 Å². The zero-order chi connectivity index (χ0) is 16.3. The third-order valence-electron chi connectivity index (χ3n) is 4.93. The lowest BCUT2D eigenvalue weighted by molar-refractivity contribution is 0.160. The first-order chi connectivity index (χ1) is 11.3. The van der Waals surface area contributed by atoms with Gasteiger partial charge in [-0.05, 0) is 72.0 Å². The highest BCUT2D eigenvalue weighted by atomic mass is 127. The number of ether oxygens (including phenoxy) is 1. The van der Waals surface area contributed by atoms with Gasteiger partial charge in [-0.15, -0.1) is 0 Å². The molecule has 0 fully saturated rings. The maximum Gasteiger partial charge on any atom is 0.122 e. The molecule has 1 aliphatic rings. The van der Waals surface area contributed by atoms with Gasteiger partial charge in [-0.25, -0.2) is 0 Å². The van der Waals surface area contributed by atoms with Gasteiger partial charge in [0.15, 0.2) is 0 Å². The molecule has 0 bridgehead atoms. The highest BCUT2D eigenvalue weighted by Crippen LogP contribution is 2.30. The highest BCUT2D eigenvalue weighted by molar-refractivity contribution is 14.1. The molecule has 0 saturated heterocycles. The number of unbranched alkanes of at least 4 members (excludes halogenated alkanes) is 9. The van der Waals surface area contributed by atoms with Gasteiger partial charge in [0.2, 0.25) is 0 Å². The number of hydrogen-bond acceptors (Lipinski definition) is 1. The van der Waals surface area contributed by atoms with Gasteiger partial charge in [0.05, 0.1) is 6.10 Å². The standard InChI is InChI=1S/C21H33IO/c1-2-3-4-5-6-7-8-9-10-11-12-20-15-13-18-17-19(22)14-16-21(18)23-20/h14,16-17,20H,2-13,15H2,1H3. The summed E-state index contributed by atoms with van der Waals surface area (Å²) in [7, 11) is 0. The van der Waals surface area contributed by atoms with E-state index in [0.29, 0.717) is 6.10 Å². The lowest BCUT2D eigenvalue weighted by atomic mass is 9.98. The van der Waals surface area contributed by atoms with Crippen molar-refractivity contribution in [3.63, 3.8) is 0 Å². The second-order valence-electron chi connectivity index (χ2n) is 7.00. The van der Waals surface area contributed by atoms with Crippen molar-refractivity contribution < 1.29 is 4.74 Å². The number of aryl methyl sites for hydroxylation is 1. The minimum atomic E-state index is 0.455. The summed E-state index contributed by atoms with van der Waals surface area (Å²) in [5.41, 5.74) is 1.40.